The third kappa shape index (κ3) is 3.11. The first-order chi connectivity index (χ1) is 7.21. The van der Waals surface area contributed by atoms with Gasteiger partial charge in [-0.05, 0) is 18.2 Å². The van der Waals surface area contributed by atoms with Gasteiger partial charge in [-0.15, -0.1) is 0 Å². The molecular formula is C11H17NO3. The Labute approximate surface area is 89.6 Å². The number of aliphatic hydroxyl groups is 1. The van der Waals surface area contributed by atoms with E-state index in [1.807, 2.05) is 18.2 Å². The van der Waals surface area contributed by atoms with Crippen molar-refractivity contribution < 1.29 is 14.6 Å². The van der Waals surface area contributed by atoms with Gasteiger partial charge in [0.1, 0.15) is 11.5 Å². The fraction of sp³-hybridized carbons (Fsp3) is 0.455. The Hall–Kier alpha value is -1.26. The number of hydrogen-bond acceptors (Lipinski definition) is 4. The monoisotopic (exact) mass is 211 g/mol. The summed E-state index contributed by atoms with van der Waals surface area (Å²) in [6.45, 7) is 0.236. The van der Waals surface area contributed by atoms with Gasteiger partial charge in [0, 0.05) is 18.5 Å². The minimum atomic E-state index is -0.550. The second kappa shape index (κ2) is 5.58. The molecule has 0 aliphatic rings. The van der Waals surface area contributed by atoms with Gasteiger partial charge in [-0.1, -0.05) is 0 Å². The Morgan fingerprint density at radius 3 is 2.60 bits per heavy atom. The second-order valence-electron chi connectivity index (χ2n) is 3.27. The van der Waals surface area contributed by atoms with Crippen LogP contribution in [0, 0.1) is 0 Å². The van der Waals surface area contributed by atoms with E-state index in [2.05, 4.69) is 0 Å². The van der Waals surface area contributed by atoms with Crippen molar-refractivity contribution in [3.8, 4) is 11.5 Å². The summed E-state index contributed by atoms with van der Waals surface area (Å²) in [7, 11) is 3.20. The van der Waals surface area contributed by atoms with Gasteiger partial charge in [0.2, 0.25) is 0 Å². The summed E-state index contributed by atoms with van der Waals surface area (Å²) >= 11 is 0. The Bertz CT molecular complexity index is 315. The van der Waals surface area contributed by atoms with Crippen LogP contribution in [0.5, 0.6) is 11.5 Å². The topological polar surface area (TPSA) is 64.7 Å². The lowest BCUT2D eigenvalue weighted by Crippen LogP contribution is -2.22. The van der Waals surface area contributed by atoms with E-state index in [1.54, 1.807) is 14.2 Å². The maximum Gasteiger partial charge on any atom is 0.122 e. The molecule has 0 fully saturated rings. The van der Waals surface area contributed by atoms with Gasteiger partial charge >= 0.3 is 0 Å². The number of benzene rings is 1. The SMILES string of the molecule is COc1ccc(OC)c(CC(O)CN)c1. The van der Waals surface area contributed by atoms with E-state index < -0.39 is 6.10 Å². The van der Waals surface area contributed by atoms with Crippen molar-refractivity contribution in [2.75, 3.05) is 20.8 Å². The van der Waals surface area contributed by atoms with Gasteiger partial charge in [-0.3, -0.25) is 0 Å². The molecule has 1 unspecified atom stereocenters. The number of methoxy groups -OCH3 is 2. The summed E-state index contributed by atoms with van der Waals surface area (Å²) in [6.07, 6.45) is -0.0809. The van der Waals surface area contributed by atoms with Crippen molar-refractivity contribution in [1.82, 2.24) is 0 Å². The highest BCUT2D eigenvalue weighted by molar-refractivity contribution is 5.40. The van der Waals surface area contributed by atoms with E-state index in [0.717, 1.165) is 17.1 Å². The van der Waals surface area contributed by atoms with Crippen molar-refractivity contribution in [3.63, 3.8) is 0 Å². The molecule has 0 spiro atoms. The fourth-order valence-corrected chi connectivity index (χ4v) is 1.38. The summed E-state index contributed by atoms with van der Waals surface area (Å²) in [5.41, 5.74) is 6.26. The molecule has 1 atom stereocenters. The molecule has 1 aromatic rings. The molecule has 0 aliphatic carbocycles. The van der Waals surface area contributed by atoms with E-state index in [1.165, 1.54) is 0 Å². The zero-order chi connectivity index (χ0) is 11.3. The van der Waals surface area contributed by atoms with Gasteiger partial charge in [0.25, 0.3) is 0 Å². The van der Waals surface area contributed by atoms with Crippen molar-refractivity contribution in [3.05, 3.63) is 23.8 Å². The smallest absolute Gasteiger partial charge is 0.122 e. The summed E-state index contributed by atoms with van der Waals surface area (Å²) < 4.78 is 10.3. The lowest BCUT2D eigenvalue weighted by Gasteiger charge is -2.12. The number of nitrogens with two attached hydrogens (primary N) is 1. The zero-order valence-corrected chi connectivity index (χ0v) is 9.06. The lowest BCUT2D eigenvalue weighted by atomic mass is 10.1. The highest BCUT2D eigenvalue weighted by Gasteiger charge is 2.09. The molecule has 0 aliphatic heterocycles. The molecule has 1 aromatic carbocycles. The first-order valence-corrected chi connectivity index (χ1v) is 4.80. The third-order valence-corrected chi connectivity index (χ3v) is 2.22. The quantitative estimate of drug-likeness (QED) is 0.747. The largest absolute Gasteiger partial charge is 0.497 e. The Morgan fingerprint density at radius 1 is 1.33 bits per heavy atom. The first-order valence-electron chi connectivity index (χ1n) is 4.80. The Morgan fingerprint density at radius 2 is 2.07 bits per heavy atom. The van der Waals surface area contributed by atoms with Crippen LogP contribution in [0.25, 0.3) is 0 Å². The predicted molar refractivity (Wildman–Crippen MR) is 58.3 cm³/mol. The number of aliphatic hydroxyl groups excluding tert-OH is 1. The molecule has 3 N–H and O–H groups in total. The summed E-state index contributed by atoms with van der Waals surface area (Å²) in [6, 6.07) is 5.48. The van der Waals surface area contributed by atoms with Crippen molar-refractivity contribution >= 4 is 0 Å². The number of rotatable bonds is 5. The van der Waals surface area contributed by atoms with Crippen LogP contribution >= 0.6 is 0 Å². The minimum Gasteiger partial charge on any atom is -0.497 e. The predicted octanol–water partition coefficient (Wildman–Crippen LogP) is 0.566. The van der Waals surface area contributed by atoms with Gasteiger partial charge in [-0.2, -0.15) is 0 Å². The molecule has 0 saturated carbocycles. The van der Waals surface area contributed by atoms with Crippen LogP contribution in [0.4, 0.5) is 0 Å². The Balaban J connectivity index is 2.90. The van der Waals surface area contributed by atoms with Crippen molar-refractivity contribution in [2.24, 2.45) is 5.73 Å². The first kappa shape index (κ1) is 11.8. The Kier molecular flexibility index (Phi) is 4.39. The van der Waals surface area contributed by atoms with E-state index in [-0.39, 0.29) is 6.54 Å². The van der Waals surface area contributed by atoms with E-state index in [9.17, 15) is 5.11 Å². The molecule has 0 bridgehead atoms. The van der Waals surface area contributed by atoms with Crippen LogP contribution in [-0.2, 0) is 6.42 Å². The van der Waals surface area contributed by atoms with E-state index in [0.29, 0.717) is 6.42 Å². The summed E-state index contributed by atoms with van der Waals surface area (Å²) in [5.74, 6) is 1.48. The summed E-state index contributed by atoms with van der Waals surface area (Å²) in [4.78, 5) is 0. The number of hydrogen-bond donors (Lipinski definition) is 2. The number of ether oxygens (including phenoxy) is 2. The average molecular weight is 211 g/mol. The van der Waals surface area contributed by atoms with Crippen LogP contribution in [0.2, 0.25) is 0 Å². The normalized spacial score (nSPS) is 12.3. The van der Waals surface area contributed by atoms with Crippen LogP contribution in [0.3, 0.4) is 0 Å². The van der Waals surface area contributed by atoms with Gasteiger partial charge in [0.05, 0.1) is 20.3 Å². The second-order valence-corrected chi connectivity index (χ2v) is 3.27. The fourth-order valence-electron chi connectivity index (χ4n) is 1.38. The molecule has 4 nitrogen and oxygen atoms in total. The molecule has 0 heterocycles. The molecule has 0 amide bonds. The van der Waals surface area contributed by atoms with Gasteiger partial charge in [0.15, 0.2) is 0 Å². The average Bonchev–Trinajstić information content (AvgIpc) is 2.28. The maximum atomic E-state index is 9.47. The highest BCUT2D eigenvalue weighted by atomic mass is 16.5. The van der Waals surface area contributed by atoms with E-state index in [4.69, 9.17) is 15.2 Å². The summed E-state index contributed by atoms with van der Waals surface area (Å²) in [5, 5.41) is 9.47. The molecule has 0 saturated heterocycles. The third-order valence-electron chi connectivity index (χ3n) is 2.22. The van der Waals surface area contributed by atoms with Gasteiger partial charge < -0.3 is 20.3 Å². The van der Waals surface area contributed by atoms with E-state index >= 15 is 0 Å². The molecule has 0 aromatic heterocycles. The van der Waals surface area contributed by atoms with Crippen LogP contribution < -0.4 is 15.2 Å². The van der Waals surface area contributed by atoms with Crippen LogP contribution in [0.1, 0.15) is 5.56 Å². The maximum absolute atomic E-state index is 9.47. The molecule has 15 heavy (non-hydrogen) atoms. The highest BCUT2D eigenvalue weighted by Crippen LogP contribution is 2.24. The minimum absolute atomic E-state index is 0.236. The molecule has 1 rings (SSSR count). The van der Waals surface area contributed by atoms with Gasteiger partial charge in [-0.25, -0.2) is 0 Å². The molecule has 0 radical (unpaired) electrons. The molecular weight excluding hydrogens is 194 g/mol. The molecule has 84 valence electrons. The van der Waals surface area contributed by atoms with Crippen LogP contribution in [0.15, 0.2) is 18.2 Å². The standard InChI is InChI=1S/C11H17NO3/c1-14-10-3-4-11(15-2)8(6-10)5-9(13)7-12/h3-4,6,9,13H,5,7,12H2,1-2H3. The van der Waals surface area contributed by atoms with Crippen molar-refractivity contribution in [2.45, 2.75) is 12.5 Å². The lowest BCUT2D eigenvalue weighted by molar-refractivity contribution is 0.182. The van der Waals surface area contributed by atoms with Crippen LogP contribution in [-0.4, -0.2) is 32.0 Å². The van der Waals surface area contributed by atoms with Crippen molar-refractivity contribution in [1.29, 1.82) is 0 Å². The zero-order valence-electron chi connectivity index (χ0n) is 9.06. The molecule has 4 heteroatoms.